The normalized spacial score (nSPS) is 10.8. The number of hydrogen-bond acceptors (Lipinski definition) is 4. The van der Waals surface area contributed by atoms with Crippen LogP contribution in [0.25, 0.3) is 0 Å². The molecule has 1 aromatic heterocycles. The zero-order valence-corrected chi connectivity index (χ0v) is 12.7. The van der Waals surface area contributed by atoms with E-state index in [9.17, 15) is 9.90 Å². The average Bonchev–Trinajstić information content (AvgIpc) is 2.43. The Morgan fingerprint density at radius 1 is 1.40 bits per heavy atom. The van der Waals surface area contributed by atoms with Crippen molar-refractivity contribution in [3.63, 3.8) is 0 Å². The largest absolute Gasteiger partial charge is 0.478 e. The molecule has 0 aromatic carbocycles. The summed E-state index contributed by atoms with van der Waals surface area (Å²) in [5.41, 5.74) is 1.07. The highest BCUT2D eigenvalue weighted by molar-refractivity contribution is 5.93. The zero-order valence-electron chi connectivity index (χ0n) is 12.7. The van der Waals surface area contributed by atoms with E-state index >= 15 is 0 Å². The lowest BCUT2D eigenvalue weighted by atomic mass is 10.1. The fourth-order valence-electron chi connectivity index (χ4n) is 2.31. The third-order valence-corrected chi connectivity index (χ3v) is 3.44. The van der Waals surface area contributed by atoms with E-state index in [0.29, 0.717) is 19.0 Å². The van der Waals surface area contributed by atoms with Crippen LogP contribution in [0.3, 0.4) is 0 Å². The Morgan fingerprint density at radius 3 is 2.55 bits per heavy atom. The first-order valence-electron chi connectivity index (χ1n) is 7.01. The van der Waals surface area contributed by atoms with Gasteiger partial charge in [-0.2, -0.15) is 0 Å². The maximum Gasteiger partial charge on any atom is 0.339 e. The molecule has 20 heavy (non-hydrogen) atoms. The molecular formula is C15H24N2O3. The van der Waals surface area contributed by atoms with Crippen molar-refractivity contribution in [2.75, 3.05) is 25.2 Å². The molecular weight excluding hydrogens is 256 g/mol. The molecule has 0 aliphatic carbocycles. The predicted octanol–water partition coefficient (Wildman–Crippen LogP) is 2.73. The maximum absolute atomic E-state index is 11.4. The Labute approximate surface area is 120 Å². The van der Waals surface area contributed by atoms with Gasteiger partial charge >= 0.3 is 5.97 Å². The number of aromatic nitrogens is 1. The molecule has 0 amide bonds. The van der Waals surface area contributed by atoms with E-state index in [1.165, 1.54) is 0 Å². The van der Waals surface area contributed by atoms with Crippen molar-refractivity contribution in [3.05, 3.63) is 23.4 Å². The second kappa shape index (κ2) is 7.85. The van der Waals surface area contributed by atoms with Gasteiger partial charge in [0.25, 0.3) is 0 Å². The maximum atomic E-state index is 11.4. The van der Waals surface area contributed by atoms with Crippen molar-refractivity contribution in [2.24, 2.45) is 0 Å². The number of rotatable bonds is 8. The number of ether oxygens (including phenoxy) is 1. The van der Waals surface area contributed by atoms with Gasteiger partial charge in [0, 0.05) is 25.4 Å². The number of carbonyl (C=O) groups is 1. The van der Waals surface area contributed by atoms with Crippen LogP contribution < -0.4 is 4.90 Å². The van der Waals surface area contributed by atoms with E-state index < -0.39 is 5.97 Å². The van der Waals surface area contributed by atoms with Crippen molar-refractivity contribution in [3.8, 4) is 0 Å². The molecule has 0 unspecified atom stereocenters. The summed E-state index contributed by atoms with van der Waals surface area (Å²) in [6, 6.07) is 3.62. The average molecular weight is 280 g/mol. The molecule has 5 heteroatoms. The molecule has 0 saturated heterocycles. The molecule has 0 atom stereocenters. The van der Waals surface area contributed by atoms with Crippen molar-refractivity contribution < 1.29 is 14.6 Å². The SMILES string of the molecule is CCC(CC)N(CCOC)c1nc(C)ccc1C(=O)O. The van der Waals surface area contributed by atoms with Crippen LogP contribution in [0.2, 0.25) is 0 Å². The van der Waals surface area contributed by atoms with E-state index in [-0.39, 0.29) is 11.6 Å². The standard InChI is InChI=1S/C15H24N2O3/c1-5-12(6-2)17(9-10-20-4)14-13(15(18)19)8-7-11(3)16-14/h7-8,12H,5-6,9-10H2,1-4H3,(H,18,19). The first kappa shape index (κ1) is 16.4. The topological polar surface area (TPSA) is 62.7 Å². The van der Waals surface area contributed by atoms with Crippen LogP contribution >= 0.6 is 0 Å². The van der Waals surface area contributed by atoms with Crippen molar-refractivity contribution in [1.82, 2.24) is 4.98 Å². The summed E-state index contributed by atoms with van der Waals surface area (Å²) in [6.07, 6.45) is 1.88. The van der Waals surface area contributed by atoms with Crippen LogP contribution in [0.15, 0.2) is 12.1 Å². The lowest BCUT2D eigenvalue weighted by Crippen LogP contribution is -2.38. The minimum Gasteiger partial charge on any atom is -0.478 e. The van der Waals surface area contributed by atoms with E-state index in [1.807, 2.05) is 6.92 Å². The highest BCUT2D eigenvalue weighted by Gasteiger charge is 2.22. The molecule has 1 heterocycles. The van der Waals surface area contributed by atoms with Crippen LogP contribution in [0.4, 0.5) is 5.82 Å². The number of hydrogen-bond donors (Lipinski definition) is 1. The van der Waals surface area contributed by atoms with Crippen LogP contribution in [0.5, 0.6) is 0 Å². The minimum atomic E-state index is -0.944. The van der Waals surface area contributed by atoms with Crippen LogP contribution in [-0.4, -0.2) is 42.4 Å². The quantitative estimate of drug-likeness (QED) is 0.793. The number of carboxylic acids is 1. The van der Waals surface area contributed by atoms with Crippen LogP contribution in [0.1, 0.15) is 42.7 Å². The number of anilines is 1. The van der Waals surface area contributed by atoms with Gasteiger partial charge in [0.2, 0.25) is 0 Å². The molecule has 0 saturated carbocycles. The first-order valence-corrected chi connectivity index (χ1v) is 7.01. The van der Waals surface area contributed by atoms with Gasteiger partial charge in [-0.1, -0.05) is 13.8 Å². The van der Waals surface area contributed by atoms with Gasteiger partial charge in [0.15, 0.2) is 0 Å². The summed E-state index contributed by atoms with van der Waals surface area (Å²) >= 11 is 0. The molecule has 1 aromatic rings. The lowest BCUT2D eigenvalue weighted by Gasteiger charge is -2.32. The summed E-state index contributed by atoms with van der Waals surface area (Å²) in [7, 11) is 1.65. The third-order valence-electron chi connectivity index (χ3n) is 3.44. The van der Waals surface area contributed by atoms with Crippen molar-refractivity contribution in [2.45, 2.75) is 39.7 Å². The van der Waals surface area contributed by atoms with Gasteiger partial charge in [0.1, 0.15) is 11.4 Å². The van der Waals surface area contributed by atoms with Gasteiger partial charge in [-0.3, -0.25) is 0 Å². The Balaban J connectivity index is 3.23. The monoisotopic (exact) mass is 280 g/mol. The number of aromatic carboxylic acids is 1. The number of nitrogens with zero attached hydrogens (tertiary/aromatic N) is 2. The Hall–Kier alpha value is -1.62. The number of pyridine rings is 1. The van der Waals surface area contributed by atoms with E-state index in [4.69, 9.17) is 4.74 Å². The van der Waals surface area contributed by atoms with Gasteiger partial charge < -0.3 is 14.7 Å². The van der Waals surface area contributed by atoms with Crippen molar-refractivity contribution in [1.29, 1.82) is 0 Å². The molecule has 0 fully saturated rings. The second-order valence-electron chi connectivity index (χ2n) is 4.79. The summed E-state index contributed by atoms with van der Waals surface area (Å²) in [5.74, 6) is -0.399. The van der Waals surface area contributed by atoms with E-state index in [1.54, 1.807) is 19.2 Å². The predicted molar refractivity (Wildman–Crippen MR) is 79.5 cm³/mol. The van der Waals surface area contributed by atoms with E-state index in [0.717, 1.165) is 18.5 Å². The van der Waals surface area contributed by atoms with Crippen LogP contribution in [0, 0.1) is 6.92 Å². The molecule has 0 spiro atoms. The molecule has 112 valence electrons. The highest BCUT2D eigenvalue weighted by atomic mass is 16.5. The molecule has 0 aliphatic rings. The second-order valence-corrected chi connectivity index (χ2v) is 4.79. The third kappa shape index (κ3) is 3.93. The number of aryl methyl sites for hydroxylation is 1. The number of carboxylic acid groups (broad SMARTS) is 1. The minimum absolute atomic E-state index is 0.249. The fraction of sp³-hybridized carbons (Fsp3) is 0.600. The van der Waals surface area contributed by atoms with Gasteiger partial charge in [0.05, 0.1) is 6.61 Å². The molecule has 0 bridgehead atoms. The summed E-state index contributed by atoms with van der Waals surface area (Å²) < 4.78 is 5.15. The smallest absolute Gasteiger partial charge is 0.339 e. The van der Waals surface area contributed by atoms with Gasteiger partial charge in [-0.25, -0.2) is 9.78 Å². The highest BCUT2D eigenvalue weighted by Crippen LogP contribution is 2.23. The fourth-order valence-corrected chi connectivity index (χ4v) is 2.31. The molecule has 0 radical (unpaired) electrons. The van der Waals surface area contributed by atoms with Gasteiger partial charge in [-0.15, -0.1) is 0 Å². The molecule has 1 rings (SSSR count). The van der Waals surface area contributed by atoms with Crippen molar-refractivity contribution >= 4 is 11.8 Å². The Kier molecular flexibility index (Phi) is 6.45. The summed E-state index contributed by atoms with van der Waals surface area (Å²) in [5, 5.41) is 9.36. The van der Waals surface area contributed by atoms with E-state index in [2.05, 4.69) is 23.7 Å². The molecule has 0 aliphatic heterocycles. The van der Waals surface area contributed by atoms with Gasteiger partial charge in [-0.05, 0) is 31.9 Å². The molecule has 5 nitrogen and oxygen atoms in total. The number of methoxy groups -OCH3 is 1. The van der Waals surface area contributed by atoms with Crippen LogP contribution in [-0.2, 0) is 4.74 Å². The zero-order chi connectivity index (χ0) is 15.1. The Morgan fingerprint density at radius 2 is 2.05 bits per heavy atom. The molecule has 1 N–H and O–H groups in total. The first-order chi connectivity index (χ1) is 9.54. The lowest BCUT2D eigenvalue weighted by molar-refractivity contribution is 0.0697. The summed E-state index contributed by atoms with van der Waals surface area (Å²) in [4.78, 5) is 17.9. The Bertz CT molecular complexity index is 445. The summed E-state index contributed by atoms with van der Waals surface area (Å²) in [6.45, 7) is 7.26.